The number of amides is 1. The predicted octanol–water partition coefficient (Wildman–Crippen LogP) is 6.25. The summed E-state index contributed by atoms with van der Waals surface area (Å²) < 4.78 is 5.81. The molecule has 40 heavy (non-hydrogen) atoms. The molecule has 0 unspecified atom stereocenters. The van der Waals surface area contributed by atoms with E-state index in [1.54, 1.807) is 18.1 Å². The van der Waals surface area contributed by atoms with Crippen molar-refractivity contribution < 1.29 is 14.3 Å². The molecule has 208 valence electrons. The van der Waals surface area contributed by atoms with Gasteiger partial charge in [-0.05, 0) is 53.7 Å². The van der Waals surface area contributed by atoms with Crippen LogP contribution in [-0.2, 0) is 17.6 Å². The molecule has 2 aliphatic heterocycles. The lowest BCUT2D eigenvalue weighted by atomic mass is 9.89. The Morgan fingerprint density at radius 3 is 2.55 bits per heavy atom. The minimum atomic E-state index is -0.00377. The monoisotopic (exact) mass is 537 g/mol. The highest BCUT2D eigenvalue weighted by Gasteiger charge is 2.26. The highest BCUT2D eigenvalue weighted by molar-refractivity contribution is 6.08. The minimum Gasteiger partial charge on any atom is -0.496 e. The molecule has 1 amide bonds. The zero-order valence-corrected chi connectivity index (χ0v) is 24.2. The second-order valence-electron chi connectivity index (χ2n) is 12.0. The molecule has 1 fully saturated rings. The van der Waals surface area contributed by atoms with Crippen LogP contribution in [0.3, 0.4) is 0 Å². The Hall–Kier alpha value is -3.93. The largest absolute Gasteiger partial charge is 0.496 e. The number of rotatable bonds is 6. The van der Waals surface area contributed by atoms with Gasteiger partial charge in [0, 0.05) is 67.5 Å². The van der Waals surface area contributed by atoms with Gasteiger partial charge in [-0.25, -0.2) is 0 Å². The predicted molar refractivity (Wildman–Crippen MR) is 161 cm³/mol. The Balaban J connectivity index is 1.29. The number of fused-ring (bicyclic) bond motifs is 2. The van der Waals surface area contributed by atoms with Gasteiger partial charge in [0.1, 0.15) is 5.75 Å². The van der Waals surface area contributed by atoms with Gasteiger partial charge in [-0.3, -0.25) is 14.6 Å². The van der Waals surface area contributed by atoms with E-state index in [4.69, 9.17) is 9.72 Å². The van der Waals surface area contributed by atoms with E-state index < -0.39 is 0 Å². The number of ketones is 1. The number of hydrogen-bond acceptors (Lipinski definition) is 5. The summed E-state index contributed by atoms with van der Waals surface area (Å²) >= 11 is 0. The van der Waals surface area contributed by atoms with Crippen molar-refractivity contribution in [3.8, 4) is 5.75 Å². The lowest BCUT2D eigenvalue weighted by Gasteiger charge is -2.33. The highest BCUT2D eigenvalue weighted by atomic mass is 16.5. The minimum absolute atomic E-state index is 0.00377. The van der Waals surface area contributed by atoms with Crippen LogP contribution in [0.2, 0.25) is 0 Å². The number of piperidine rings is 1. The van der Waals surface area contributed by atoms with Gasteiger partial charge in [-0.1, -0.05) is 51.1 Å². The van der Waals surface area contributed by atoms with Crippen molar-refractivity contribution in [2.24, 2.45) is 11.3 Å². The van der Waals surface area contributed by atoms with Crippen LogP contribution in [-0.4, -0.2) is 43.9 Å². The molecule has 2 aliphatic rings. The van der Waals surface area contributed by atoms with Gasteiger partial charge < -0.3 is 14.5 Å². The maximum Gasteiger partial charge on any atom is 0.258 e. The average molecular weight is 538 g/mol. The van der Waals surface area contributed by atoms with Gasteiger partial charge in [0.15, 0.2) is 5.78 Å². The number of anilines is 2. The smallest absolute Gasteiger partial charge is 0.258 e. The van der Waals surface area contributed by atoms with E-state index in [0.717, 1.165) is 71.0 Å². The first-order chi connectivity index (χ1) is 19.1. The highest BCUT2D eigenvalue weighted by Crippen LogP contribution is 2.33. The van der Waals surface area contributed by atoms with Gasteiger partial charge in [-0.2, -0.15) is 0 Å². The molecule has 6 heteroatoms. The summed E-state index contributed by atoms with van der Waals surface area (Å²) in [4.78, 5) is 34.4. The van der Waals surface area contributed by atoms with Crippen LogP contribution in [0.25, 0.3) is 0 Å². The average Bonchev–Trinajstić information content (AvgIpc) is 3.05. The summed E-state index contributed by atoms with van der Waals surface area (Å²) in [5, 5.41) is 0. The summed E-state index contributed by atoms with van der Waals surface area (Å²) in [5.41, 5.74) is 6.86. The van der Waals surface area contributed by atoms with Crippen LogP contribution in [0.15, 0.2) is 66.9 Å². The van der Waals surface area contributed by atoms with Crippen molar-refractivity contribution in [3.63, 3.8) is 0 Å². The summed E-state index contributed by atoms with van der Waals surface area (Å²) in [5.74, 6) is 1.17. The molecule has 2 aromatic carbocycles. The second-order valence-corrected chi connectivity index (χ2v) is 12.0. The number of hydrogen-bond donors (Lipinski definition) is 0. The van der Waals surface area contributed by atoms with Crippen LogP contribution >= 0.6 is 0 Å². The number of carbonyl (C=O) groups is 2. The zero-order chi connectivity index (χ0) is 28.4. The number of allylic oxidation sites excluding steroid dienone is 2. The van der Waals surface area contributed by atoms with Crippen molar-refractivity contribution in [2.75, 3.05) is 37.0 Å². The molecule has 0 spiro atoms. The molecule has 0 aliphatic carbocycles. The fraction of sp³-hybridized carbons (Fsp3) is 0.382. The number of methoxy groups -OCH3 is 1. The van der Waals surface area contributed by atoms with Gasteiger partial charge in [-0.15, -0.1) is 0 Å². The lowest BCUT2D eigenvalue weighted by molar-refractivity contribution is -0.118. The third-order valence-corrected chi connectivity index (χ3v) is 7.97. The van der Waals surface area contributed by atoms with E-state index in [1.165, 1.54) is 0 Å². The van der Waals surface area contributed by atoms with Crippen molar-refractivity contribution in [1.29, 1.82) is 0 Å². The molecule has 0 radical (unpaired) electrons. The number of aromatic nitrogens is 1. The number of nitrogens with zero attached hydrogens (tertiary/aromatic N) is 3. The second kappa shape index (κ2) is 11.3. The summed E-state index contributed by atoms with van der Waals surface area (Å²) in [7, 11) is 3.52. The maximum absolute atomic E-state index is 13.0. The topological polar surface area (TPSA) is 62.7 Å². The van der Waals surface area contributed by atoms with Crippen LogP contribution in [0.1, 0.15) is 66.4 Å². The van der Waals surface area contributed by atoms with E-state index in [-0.39, 0.29) is 23.0 Å². The fourth-order valence-electron chi connectivity index (χ4n) is 5.62. The third kappa shape index (κ3) is 5.96. The van der Waals surface area contributed by atoms with Crippen molar-refractivity contribution in [1.82, 2.24) is 4.98 Å². The van der Waals surface area contributed by atoms with Crippen LogP contribution in [0, 0.1) is 11.3 Å². The quantitative estimate of drug-likeness (QED) is 0.348. The Morgan fingerprint density at radius 1 is 1.07 bits per heavy atom. The number of ether oxygens (including phenoxy) is 1. The zero-order valence-electron chi connectivity index (χ0n) is 24.2. The van der Waals surface area contributed by atoms with Gasteiger partial charge in [0.25, 0.3) is 5.91 Å². The van der Waals surface area contributed by atoms with Gasteiger partial charge in [0.05, 0.1) is 19.0 Å². The summed E-state index contributed by atoms with van der Waals surface area (Å²) in [6, 6.07) is 16.3. The van der Waals surface area contributed by atoms with Gasteiger partial charge in [0.2, 0.25) is 0 Å². The summed E-state index contributed by atoms with van der Waals surface area (Å²) in [6.45, 7) is 8.03. The number of carbonyl (C=O) groups excluding carboxylic acids is 2. The van der Waals surface area contributed by atoms with Crippen molar-refractivity contribution in [3.05, 3.63) is 94.8 Å². The molecular weight excluding hydrogens is 498 g/mol. The molecule has 0 saturated carbocycles. The van der Waals surface area contributed by atoms with E-state index in [1.807, 2.05) is 43.6 Å². The Bertz CT molecular complexity index is 1450. The first-order valence-corrected chi connectivity index (χ1v) is 14.1. The molecule has 1 aromatic heterocycles. The molecule has 1 saturated heterocycles. The molecule has 0 atom stereocenters. The fourth-order valence-corrected chi connectivity index (χ4v) is 5.62. The van der Waals surface area contributed by atoms with E-state index >= 15 is 0 Å². The maximum atomic E-state index is 13.0. The summed E-state index contributed by atoms with van der Waals surface area (Å²) in [6.07, 6.45) is 8.65. The van der Waals surface area contributed by atoms with Crippen molar-refractivity contribution >= 4 is 23.1 Å². The lowest BCUT2D eigenvalue weighted by Crippen LogP contribution is -2.36. The Kier molecular flexibility index (Phi) is 7.79. The Morgan fingerprint density at radius 2 is 1.82 bits per heavy atom. The molecule has 5 rings (SSSR count). The van der Waals surface area contributed by atoms with Crippen molar-refractivity contribution in [2.45, 2.75) is 46.5 Å². The number of benzene rings is 2. The standard InChI is InChI=1S/C34H39N3O3/c1-34(2,3)15-12-31(38)23-13-16-37(17-14-23)28-11-10-25(32(21-28)40-5)19-27-20-26-18-24-8-6-7-9-29(24)33(39)36(4)30(26)22-35-27/h6-12,15,20-23H,13-14,16-19H2,1-5H3/b15-12-. The number of pyridine rings is 1. The van der Waals surface area contributed by atoms with Crippen LogP contribution in [0.5, 0.6) is 5.75 Å². The van der Waals surface area contributed by atoms with E-state index in [0.29, 0.717) is 12.8 Å². The molecule has 3 heterocycles. The first kappa shape index (κ1) is 27.6. The Labute approximate surface area is 237 Å². The SMILES string of the molecule is COc1cc(N2CCC(C(=O)/C=C\C(C)(C)C)CC2)ccc1Cc1cc2c(cn1)N(C)C(=O)c1ccccc1C2. The van der Waals surface area contributed by atoms with Crippen LogP contribution < -0.4 is 14.5 Å². The van der Waals surface area contributed by atoms with Crippen LogP contribution in [0.4, 0.5) is 11.4 Å². The first-order valence-electron chi connectivity index (χ1n) is 14.1. The third-order valence-electron chi connectivity index (χ3n) is 7.97. The molecular formula is C34H39N3O3. The molecule has 0 N–H and O–H groups in total. The molecule has 6 nitrogen and oxygen atoms in total. The van der Waals surface area contributed by atoms with Gasteiger partial charge >= 0.3 is 0 Å². The molecule has 0 bridgehead atoms. The van der Waals surface area contributed by atoms with E-state index in [2.05, 4.69) is 49.9 Å². The molecule has 3 aromatic rings. The van der Waals surface area contributed by atoms with E-state index in [9.17, 15) is 9.59 Å². The normalized spacial score (nSPS) is 16.1.